The number of halogens is 1. The van der Waals surface area contributed by atoms with Crippen molar-refractivity contribution in [2.24, 2.45) is 0 Å². The van der Waals surface area contributed by atoms with Gasteiger partial charge in [0.1, 0.15) is 5.75 Å². The summed E-state index contributed by atoms with van der Waals surface area (Å²) in [4.78, 5) is 35.2. The highest BCUT2D eigenvalue weighted by molar-refractivity contribution is 6.34. The Balaban J connectivity index is 2.01. The zero-order valence-corrected chi connectivity index (χ0v) is 14.8. The van der Waals surface area contributed by atoms with Crippen LogP contribution in [0.25, 0.3) is 0 Å². The number of likely N-dealkylation sites (N-methyl/N-ethyl adjacent to an activating group) is 1. The largest absolute Gasteiger partial charge is 0.484 e. The number of nitrogens with zero attached hydrogens (tertiary/aromatic N) is 2. The van der Waals surface area contributed by atoms with Crippen LogP contribution in [-0.2, 0) is 4.79 Å². The summed E-state index contributed by atoms with van der Waals surface area (Å²) in [5, 5.41) is 13.3. The van der Waals surface area contributed by atoms with Crippen molar-refractivity contribution in [3.8, 4) is 5.75 Å². The van der Waals surface area contributed by atoms with Gasteiger partial charge < -0.3 is 15.0 Å². The molecule has 2 aromatic rings. The Morgan fingerprint density at radius 1 is 1.19 bits per heavy atom. The number of carbonyl (C=O) groups is 2. The third-order valence-corrected chi connectivity index (χ3v) is 3.69. The number of rotatable bonds is 6. The number of nitro groups is 1. The number of carbonyl (C=O) groups excluding carboxylic acids is 2. The highest BCUT2D eigenvalue weighted by Gasteiger charge is 2.15. The lowest BCUT2D eigenvalue weighted by atomic mass is 10.2. The molecule has 0 fully saturated rings. The first-order chi connectivity index (χ1) is 12.3. The molecule has 0 radical (unpaired) electrons. The summed E-state index contributed by atoms with van der Waals surface area (Å²) in [6, 6.07) is 10.0. The van der Waals surface area contributed by atoms with Crippen LogP contribution in [0.15, 0.2) is 42.5 Å². The maximum atomic E-state index is 12.2. The van der Waals surface area contributed by atoms with E-state index >= 15 is 0 Å². The van der Waals surface area contributed by atoms with Crippen LogP contribution < -0.4 is 10.1 Å². The lowest BCUT2D eigenvalue weighted by Crippen LogP contribution is -2.27. The molecule has 0 aliphatic heterocycles. The quantitative estimate of drug-likeness (QED) is 0.616. The van der Waals surface area contributed by atoms with Gasteiger partial charge in [-0.3, -0.25) is 19.7 Å². The molecule has 0 heterocycles. The van der Waals surface area contributed by atoms with Crippen LogP contribution in [0, 0.1) is 10.1 Å². The number of anilines is 1. The number of nitro benzene ring substituents is 1. The maximum absolute atomic E-state index is 12.2. The molecule has 9 heteroatoms. The van der Waals surface area contributed by atoms with Crippen LogP contribution in [-0.4, -0.2) is 42.3 Å². The summed E-state index contributed by atoms with van der Waals surface area (Å²) in [6.07, 6.45) is 0. The van der Waals surface area contributed by atoms with E-state index in [2.05, 4.69) is 5.32 Å². The minimum Gasteiger partial charge on any atom is -0.484 e. The molecule has 0 aliphatic carbocycles. The van der Waals surface area contributed by atoms with E-state index in [9.17, 15) is 19.7 Å². The van der Waals surface area contributed by atoms with E-state index in [0.29, 0.717) is 11.4 Å². The molecule has 0 bridgehead atoms. The lowest BCUT2D eigenvalue weighted by Gasteiger charge is -2.12. The van der Waals surface area contributed by atoms with Gasteiger partial charge in [0.2, 0.25) is 0 Å². The Hall–Kier alpha value is -3.13. The van der Waals surface area contributed by atoms with Crippen molar-refractivity contribution in [3.63, 3.8) is 0 Å². The third-order valence-electron chi connectivity index (χ3n) is 3.38. The predicted octanol–water partition coefficient (Wildman–Crippen LogP) is 2.97. The highest BCUT2D eigenvalue weighted by Crippen LogP contribution is 2.24. The minimum atomic E-state index is -0.590. The molecule has 136 valence electrons. The summed E-state index contributed by atoms with van der Waals surface area (Å²) in [5.41, 5.74) is 0.408. The van der Waals surface area contributed by atoms with Gasteiger partial charge >= 0.3 is 0 Å². The molecule has 0 saturated carbocycles. The van der Waals surface area contributed by atoms with E-state index in [0.717, 1.165) is 6.07 Å². The first-order valence-electron chi connectivity index (χ1n) is 7.46. The molecule has 0 saturated heterocycles. The summed E-state index contributed by atoms with van der Waals surface area (Å²) < 4.78 is 5.34. The number of non-ortho nitro benzene ring substituents is 1. The molecular weight excluding hydrogens is 362 g/mol. The monoisotopic (exact) mass is 377 g/mol. The molecular formula is C17H16ClN3O5. The molecule has 0 aromatic heterocycles. The molecule has 0 unspecified atom stereocenters. The average Bonchev–Trinajstić information content (AvgIpc) is 2.60. The molecule has 0 spiro atoms. The van der Waals surface area contributed by atoms with Crippen LogP contribution in [0.3, 0.4) is 0 Å². The minimum absolute atomic E-state index is 0.0150. The molecule has 1 N–H and O–H groups in total. The Bertz CT molecular complexity index is 837. The third kappa shape index (κ3) is 4.93. The van der Waals surface area contributed by atoms with Gasteiger partial charge in [-0.05, 0) is 30.3 Å². The predicted molar refractivity (Wildman–Crippen MR) is 96.7 cm³/mol. The average molecular weight is 378 g/mol. The van der Waals surface area contributed by atoms with E-state index in [1.54, 1.807) is 38.4 Å². The van der Waals surface area contributed by atoms with Crippen LogP contribution in [0.5, 0.6) is 5.75 Å². The number of nitrogens with one attached hydrogen (secondary N) is 1. The first kappa shape index (κ1) is 19.2. The number of ether oxygens (including phenoxy) is 1. The van der Waals surface area contributed by atoms with Crippen LogP contribution >= 0.6 is 11.6 Å². The normalized spacial score (nSPS) is 10.1. The number of hydrogen-bond donors (Lipinski definition) is 1. The molecule has 8 nitrogen and oxygen atoms in total. The van der Waals surface area contributed by atoms with Gasteiger partial charge in [0.15, 0.2) is 6.61 Å². The van der Waals surface area contributed by atoms with Crippen LogP contribution in [0.4, 0.5) is 11.4 Å². The topological polar surface area (TPSA) is 102 Å². The van der Waals surface area contributed by atoms with Gasteiger partial charge in [-0.1, -0.05) is 11.6 Å². The van der Waals surface area contributed by atoms with E-state index in [-0.39, 0.29) is 28.8 Å². The summed E-state index contributed by atoms with van der Waals surface area (Å²) >= 11 is 5.94. The van der Waals surface area contributed by atoms with Gasteiger partial charge in [-0.2, -0.15) is 0 Å². The Kier molecular flexibility index (Phi) is 6.13. The van der Waals surface area contributed by atoms with Crippen molar-refractivity contribution in [1.29, 1.82) is 0 Å². The summed E-state index contributed by atoms with van der Waals surface area (Å²) in [5.74, 6) is -0.192. The van der Waals surface area contributed by atoms with E-state index in [4.69, 9.17) is 16.3 Å². The molecule has 2 rings (SSSR count). The van der Waals surface area contributed by atoms with Crippen molar-refractivity contribution in [1.82, 2.24) is 4.90 Å². The Labute approximate surface area is 154 Å². The van der Waals surface area contributed by atoms with Crippen molar-refractivity contribution < 1.29 is 19.2 Å². The van der Waals surface area contributed by atoms with Crippen molar-refractivity contribution in [3.05, 3.63) is 63.2 Å². The summed E-state index contributed by atoms with van der Waals surface area (Å²) in [6.45, 7) is -0.0862. The maximum Gasteiger partial charge on any atom is 0.270 e. The van der Waals surface area contributed by atoms with E-state index < -0.39 is 10.8 Å². The molecule has 0 atom stereocenters. The van der Waals surface area contributed by atoms with Crippen molar-refractivity contribution >= 4 is 34.8 Å². The van der Waals surface area contributed by atoms with Gasteiger partial charge in [-0.15, -0.1) is 0 Å². The van der Waals surface area contributed by atoms with E-state index in [1.165, 1.54) is 17.0 Å². The molecule has 26 heavy (non-hydrogen) atoms. The number of hydrogen-bond acceptors (Lipinski definition) is 5. The fourth-order valence-corrected chi connectivity index (χ4v) is 2.17. The summed E-state index contributed by atoms with van der Waals surface area (Å²) in [7, 11) is 3.27. The second-order valence-electron chi connectivity index (χ2n) is 5.48. The Morgan fingerprint density at radius 2 is 1.85 bits per heavy atom. The Morgan fingerprint density at radius 3 is 2.38 bits per heavy atom. The van der Waals surface area contributed by atoms with Gasteiger partial charge in [0.25, 0.3) is 17.5 Å². The van der Waals surface area contributed by atoms with Crippen LogP contribution in [0.2, 0.25) is 5.02 Å². The van der Waals surface area contributed by atoms with Gasteiger partial charge in [-0.25, -0.2) is 0 Å². The number of amides is 2. The highest BCUT2D eigenvalue weighted by atomic mass is 35.5. The lowest BCUT2D eigenvalue weighted by molar-refractivity contribution is -0.384. The zero-order valence-electron chi connectivity index (χ0n) is 14.1. The zero-order chi connectivity index (χ0) is 19.3. The fraction of sp³-hybridized carbons (Fsp3) is 0.176. The van der Waals surface area contributed by atoms with Crippen molar-refractivity contribution in [2.45, 2.75) is 0 Å². The smallest absolute Gasteiger partial charge is 0.270 e. The second kappa shape index (κ2) is 8.30. The van der Waals surface area contributed by atoms with Gasteiger partial charge in [0, 0.05) is 31.9 Å². The van der Waals surface area contributed by atoms with E-state index in [1.807, 2.05) is 0 Å². The molecule has 2 amide bonds. The van der Waals surface area contributed by atoms with Crippen LogP contribution in [0.1, 0.15) is 10.4 Å². The van der Waals surface area contributed by atoms with Gasteiger partial charge in [0.05, 0.1) is 15.5 Å². The first-order valence-corrected chi connectivity index (χ1v) is 7.84. The molecule has 0 aliphatic rings. The SMILES string of the molecule is CN(C)C(=O)COc1ccc(NC(=O)c2ccc([N+](=O)[O-])cc2Cl)cc1. The fourth-order valence-electron chi connectivity index (χ4n) is 1.91. The standard InChI is InChI=1S/C17H16ClN3O5/c1-20(2)16(22)10-26-13-6-3-11(4-7-13)19-17(23)14-8-5-12(21(24)25)9-15(14)18/h3-9H,10H2,1-2H3,(H,19,23). The molecule has 2 aromatic carbocycles. The van der Waals surface area contributed by atoms with Crippen molar-refractivity contribution in [2.75, 3.05) is 26.0 Å². The number of benzene rings is 2. The second-order valence-corrected chi connectivity index (χ2v) is 5.88.